The number of hydrogen-bond donors (Lipinski definition) is 2. The Morgan fingerprint density at radius 1 is 1.12 bits per heavy atom. The molecule has 4 amide bonds. The van der Waals surface area contributed by atoms with E-state index in [9.17, 15) is 14.4 Å². The van der Waals surface area contributed by atoms with Gasteiger partial charge >= 0.3 is 6.03 Å². The van der Waals surface area contributed by atoms with Gasteiger partial charge in [0.2, 0.25) is 5.91 Å². The lowest BCUT2D eigenvalue weighted by atomic mass is 9.83. The highest BCUT2D eigenvalue weighted by atomic mass is 16.5. The molecule has 8 nitrogen and oxygen atoms in total. The van der Waals surface area contributed by atoms with Crippen molar-refractivity contribution in [1.82, 2.24) is 20.4 Å². The van der Waals surface area contributed by atoms with Crippen LogP contribution in [-0.2, 0) is 16.0 Å². The van der Waals surface area contributed by atoms with E-state index < -0.39 is 6.04 Å². The highest BCUT2D eigenvalue weighted by molar-refractivity contribution is 6.04. The molecule has 1 aromatic carbocycles. The molecule has 3 aliphatic rings. The minimum Gasteiger partial charge on any atom is -0.497 e. The van der Waals surface area contributed by atoms with Crippen LogP contribution in [0.25, 0.3) is 0 Å². The van der Waals surface area contributed by atoms with E-state index in [0.717, 1.165) is 11.3 Å². The first-order chi connectivity index (χ1) is 16.0. The Bertz CT molecular complexity index is 841. The largest absolute Gasteiger partial charge is 0.497 e. The first-order valence-electron chi connectivity index (χ1n) is 12.3. The lowest BCUT2D eigenvalue weighted by molar-refractivity contribution is -0.127. The van der Waals surface area contributed by atoms with E-state index in [0.29, 0.717) is 37.9 Å². The van der Waals surface area contributed by atoms with Crippen LogP contribution in [0.2, 0.25) is 0 Å². The van der Waals surface area contributed by atoms with Gasteiger partial charge in [-0.15, -0.1) is 0 Å². The molecule has 8 heteroatoms. The summed E-state index contributed by atoms with van der Waals surface area (Å²) in [5, 5.41) is 5.83. The lowest BCUT2D eigenvalue weighted by Gasteiger charge is -2.44. The van der Waals surface area contributed by atoms with Crippen LogP contribution in [0, 0.1) is 5.92 Å². The fraction of sp³-hybridized carbons (Fsp3) is 0.640. The number of nitrogens with zero attached hydrogens (tertiary/aromatic N) is 2. The van der Waals surface area contributed by atoms with Gasteiger partial charge in [0, 0.05) is 25.6 Å². The monoisotopic (exact) mass is 456 g/mol. The Morgan fingerprint density at radius 3 is 2.70 bits per heavy atom. The Balaban J connectivity index is 1.19. The Morgan fingerprint density at radius 2 is 1.91 bits per heavy atom. The third-order valence-electron chi connectivity index (χ3n) is 7.34. The molecule has 2 N–H and O–H groups in total. The molecule has 0 saturated carbocycles. The molecule has 3 atom stereocenters. The summed E-state index contributed by atoms with van der Waals surface area (Å²) in [7, 11) is 1.61. The predicted molar refractivity (Wildman–Crippen MR) is 125 cm³/mol. The lowest BCUT2D eigenvalue weighted by Crippen LogP contribution is -2.51. The number of rotatable bonds is 9. The number of piperidine rings is 2. The van der Waals surface area contributed by atoms with Crippen molar-refractivity contribution < 1.29 is 19.1 Å². The quantitative estimate of drug-likeness (QED) is 0.557. The molecule has 1 aromatic rings. The fourth-order valence-corrected chi connectivity index (χ4v) is 5.44. The number of carbonyl (C=O) groups is 3. The number of imide groups is 1. The number of carbonyl (C=O) groups excluding carboxylic acids is 3. The van der Waals surface area contributed by atoms with Crippen molar-refractivity contribution in [3.05, 3.63) is 29.8 Å². The molecule has 0 unspecified atom stereocenters. The summed E-state index contributed by atoms with van der Waals surface area (Å²) in [5.74, 6) is 1.00. The molecule has 0 aromatic heterocycles. The minimum absolute atomic E-state index is 0.0401. The van der Waals surface area contributed by atoms with E-state index in [4.69, 9.17) is 4.74 Å². The molecule has 4 rings (SSSR count). The molecular formula is C25H36N4O4. The van der Waals surface area contributed by atoms with Gasteiger partial charge in [-0.3, -0.25) is 14.5 Å². The Labute approximate surface area is 196 Å². The van der Waals surface area contributed by atoms with Gasteiger partial charge in [0.15, 0.2) is 0 Å². The smallest absolute Gasteiger partial charge is 0.324 e. The maximum atomic E-state index is 12.7. The molecule has 3 heterocycles. The van der Waals surface area contributed by atoms with Gasteiger partial charge in [0.1, 0.15) is 11.8 Å². The maximum Gasteiger partial charge on any atom is 0.324 e. The van der Waals surface area contributed by atoms with Gasteiger partial charge in [-0.1, -0.05) is 18.6 Å². The van der Waals surface area contributed by atoms with Gasteiger partial charge in [-0.2, -0.15) is 0 Å². The van der Waals surface area contributed by atoms with E-state index in [1.807, 2.05) is 24.3 Å². The van der Waals surface area contributed by atoms with Gasteiger partial charge in [0.05, 0.1) is 7.11 Å². The SMILES string of the molecule is COc1ccc(CCN2C(=O)N[C@H](CCC(=O)NC[C@@H]3CCCN4CCCC[C@H]34)C2=O)cc1. The van der Waals surface area contributed by atoms with E-state index in [2.05, 4.69) is 15.5 Å². The zero-order chi connectivity index (χ0) is 23.2. The topological polar surface area (TPSA) is 91.0 Å². The number of urea groups is 1. The predicted octanol–water partition coefficient (Wildman–Crippen LogP) is 2.32. The van der Waals surface area contributed by atoms with Crippen LogP contribution in [0.5, 0.6) is 5.75 Å². The molecule has 0 bridgehead atoms. The first-order valence-corrected chi connectivity index (χ1v) is 12.3. The van der Waals surface area contributed by atoms with Crippen LogP contribution in [0.1, 0.15) is 50.5 Å². The summed E-state index contributed by atoms with van der Waals surface area (Å²) in [6.07, 6.45) is 7.32. The van der Waals surface area contributed by atoms with E-state index in [1.165, 1.54) is 50.1 Å². The van der Waals surface area contributed by atoms with Gasteiger partial charge < -0.3 is 20.3 Å². The minimum atomic E-state index is -0.623. The Kier molecular flexibility index (Phi) is 7.85. The van der Waals surface area contributed by atoms with Crippen LogP contribution in [0.3, 0.4) is 0 Å². The van der Waals surface area contributed by atoms with Crippen LogP contribution in [0.15, 0.2) is 24.3 Å². The summed E-state index contributed by atoms with van der Waals surface area (Å²) >= 11 is 0. The van der Waals surface area contributed by atoms with Crippen LogP contribution < -0.4 is 15.4 Å². The number of amides is 4. The molecule has 0 radical (unpaired) electrons. The maximum absolute atomic E-state index is 12.7. The van der Waals surface area contributed by atoms with Crippen molar-refractivity contribution >= 4 is 17.8 Å². The Hall–Kier alpha value is -2.61. The average molecular weight is 457 g/mol. The van der Waals surface area contributed by atoms with Gasteiger partial charge in [-0.05, 0) is 75.2 Å². The van der Waals surface area contributed by atoms with Crippen LogP contribution in [0.4, 0.5) is 4.79 Å². The van der Waals surface area contributed by atoms with Crippen molar-refractivity contribution in [2.75, 3.05) is 33.3 Å². The number of nitrogens with one attached hydrogen (secondary N) is 2. The summed E-state index contributed by atoms with van der Waals surface area (Å²) in [6, 6.07) is 7.18. The second-order valence-corrected chi connectivity index (χ2v) is 9.43. The average Bonchev–Trinajstić information content (AvgIpc) is 3.12. The van der Waals surface area contributed by atoms with Gasteiger partial charge in [-0.25, -0.2) is 4.79 Å². The molecule has 180 valence electrons. The highest BCUT2D eigenvalue weighted by Crippen LogP contribution is 2.30. The van der Waals surface area contributed by atoms with Crippen molar-refractivity contribution in [1.29, 1.82) is 0 Å². The first kappa shape index (κ1) is 23.5. The number of ether oxygens (including phenoxy) is 1. The van der Waals surface area contributed by atoms with E-state index >= 15 is 0 Å². The molecule has 33 heavy (non-hydrogen) atoms. The van der Waals surface area contributed by atoms with E-state index in [-0.39, 0.29) is 24.3 Å². The highest BCUT2D eigenvalue weighted by Gasteiger charge is 2.38. The summed E-state index contributed by atoms with van der Waals surface area (Å²) in [6.45, 7) is 3.40. The van der Waals surface area contributed by atoms with Crippen molar-refractivity contribution in [2.45, 2.75) is 63.5 Å². The van der Waals surface area contributed by atoms with Crippen molar-refractivity contribution in [3.63, 3.8) is 0 Å². The molecule has 3 aliphatic heterocycles. The van der Waals surface area contributed by atoms with Crippen LogP contribution in [-0.4, -0.2) is 73.0 Å². The molecule has 3 saturated heterocycles. The second kappa shape index (κ2) is 11.0. The molecular weight excluding hydrogens is 420 g/mol. The number of fused-ring (bicyclic) bond motifs is 1. The third-order valence-corrected chi connectivity index (χ3v) is 7.34. The van der Waals surface area contributed by atoms with Crippen molar-refractivity contribution in [2.24, 2.45) is 5.92 Å². The van der Waals surface area contributed by atoms with Crippen molar-refractivity contribution in [3.8, 4) is 5.75 Å². The normalized spacial score (nSPS) is 25.5. The number of hydrogen-bond acceptors (Lipinski definition) is 5. The number of methoxy groups -OCH3 is 1. The summed E-state index contributed by atoms with van der Waals surface area (Å²) < 4.78 is 5.15. The third kappa shape index (κ3) is 5.85. The summed E-state index contributed by atoms with van der Waals surface area (Å²) in [5.41, 5.74) is 1.03. The summed E-state index contributed by atoms with van der Waals surface area (Å²) in [4.78, 5) is 41.3. The zero-order valence-corrected chi connectivity index (χ0v) is 19.6. The molecule has 0 spiro atoms. The molecule has 3 fully saturated rings. The van der Waals surface area contributed by atoms with Crippen LogP contribution >= 0.6 is 0 Å². The van der Waals surface area contributed by atoms with E-state index in [1.54, 1.807) is 7.11 Å². The van der Waals surface area contributed by atoms with Gasteiger partial charge in [0.25, 0.3) is 5.91 Å². The fourth-order valence-electron chi connectivity index (χ4n) is 5.44. The number of benzene rings is 1. The zero-order valence-electron chi connectivity index (χ0n) is 19.6. The standard InChI is InChI=1S/C25H36N4O4/c1-33-20-9-7-18(8-10-20)13-16-29-24(31)21(27-25(29)32)11-12-23(30)26-17-19-5-4-15-28-14-3-2-6-22(19)28/h7-10,19,21-22H,2-6,11-17H2,1H3,(H,26,30)(H,27,32)/t19-,21+,22+/m0/s1. The second-order valence-electron chi connectivity index (χ2n) is 9.43. The molecule has 0 aliphatic carbocycles.